The van der Waals surface area contributed by atoms with Crippen molar-refractivity contribution in [3.05, 3.63) is 95.8 Å². The van der Waals surface area contributed by atoms with Crippen molar-refractivity contribution < 1.29 is 4.79 Å². The van der Waals surface area contributed by atoms with Crippen molar-refractivity contribution in [2.75, 3.05) is 26.2 Å². The van der Waals surface area contributed by atoms with Crippen LogP contribution in [0.15, 0.2) is 84.5 Å². The third kappa shape index (κ3) is 4.34. The van der Waals surface area contributed by atoms with Gasteiger partial charge >= 0.3 is 0 Å². The van der Waals surface area contributed by atoms with E-state index in [1.54, 1.807) is 28.2 Å². The van der Waals surface area contributed by atoms with Crippen LogP contribution < -0.4 is 0 Å². The molecule has 0 unspecified atom stereocenters. The molecule has 174 valence electrons. The molecule has 7 nitrogen and oxygen atoms in total. The number of piperazine rings is 1. The van der Waals surface area contributed by atoms with E-state index in [2.05, 4.69) is 32.5 Å². The van der Waals surface area contributed by atoms with Gasteiger partial charge in [0.05, 0.1) is 17.6 Å². The van der Waals surface area contributed by atoms with Crippen molar-refractivity contribution in [2.45, 2.75) is 6.54 Å². The summed E-state index contributed by atoms with van der Waals surface area (Å²) in [7, 11) is 0. The first-order chi connectivity index (χ1) is 17.3. The normalized spacial score (nSPS) is 14.5. The number of fused-ring (bicyclic) bond motifs is 1. The van der Waals surface area contributed by atoms with Crippen molar-refractivity contribution >= 4 is 22.9 Å². The maximum Gasteiger partial charge on any atom is 0.259 e. The topological polar surface area (TPSA) is 66.6 Å². The first-order valence-electron chi connectivity index (χ1n) is 11.7. The summed E-state index contributed by atoms with van der Waals surface area (Å²) in [4.78, 5) is 26.9. The fourth-order valence-electron chi connectivity index (χ4n) is 4.47. The summed E-state index contributed by atoms with van der Waals surface area (Å²) in [6, 6.07) is 22.2. The summed E-state index contributed by atoms with van der Waals surface area (Å²) in [5, 5.41) is 7.68. The quantitative estimate of drug-likeness (QED) is 0.371. The van der Waals surface area contributed by atoms with Gasteiger partial charge < -0.3 is 4.90 Å². The molecule has 1 fully saturated rings. The van der Waals surface area contributed by atoms with Gasteiger partial charge in [-0.3, -0.25) is 9.69 Å². The highest BCUT2D eigenvalue weighted by Crippen LogP contribution is 2.25. The van der Waals surface area contributed by atoms with Crippen molar-refractivity contribution in [1.29, 1.82) is 0 Å². The van der Waals surface area contributed by atoms with Crippen LogP contribution in [0, 0.1) is 0 Å². The molecule has 3 aromatic heterocycles. The third-order valence-corrected chi connectivity index (χ3v) is 7.26. The van der Waals surface area contributed by atoms with Crippen LogP contribution >= 0.6 is 11.3 Å². The number of amides is 1. The monoisotopic (exact) mass is 480 g/mol. The van der Waals surface area contributed by atoms with Gasteiger partial charge in [0.1, 0.15) is 10.6 Å². The molecule has 5 aromatic rings. The Morgan fingerprint density at radius 3 is 2.34 bits per heavy atom. The van der Waals surface area contributed by atoms with Crippen molar-refractivity contribution in [1.82, 2.24) is 29.4 Å². The van der Waals surface area contributed by atoms with Crippen LogP contribution in [0.4, 0.5) is 0 Å². The molecule has 35 heavy (non-hydrogen) atoms. The van der Waals surface area contributed by atoms with E-state index in [1.165, 1.54) is 0 Å². The fourth-order valence-corrected chi connectivity index (χ4v) is 5.29. The minimum absolute atomic E-state index is 0.0163. The highest BCUT2D eigenvalue weighted by Gasteiger charge is 2.26. The third-order valence-electron chi connectivity index (χ3n) is 6.32. The Morgan fingerprint density at radius 2 is 1.60 bits per heavy atom. The second kappa shape index (κ2) is 9.40. The van der Waals surface area contributed by atoms with Crippen molar-refractivity contribution in [3.63, 3.8) is 0 Å². The van der Waals surface area contributed by atoms with Crippen LogP contribution in [0.5, 0.6) is 0 Å². The highest BCUT2D eigenvalue weighted by molar-refractivity contribution is 7.13. The predicted octanol–water partition coefficient (Wildman–Crippen LogP) is 4.48. The van der Waals surface area contributed by atoms with E-state index >= 15 is 0 Å². The van der Waals surface area contributed by atoms with Crippen molar-refractivity contribution in [3.8, 4) is 21.8 Å². The lowest BCUT2D eigenvalue weighted by Gasteiger charge is -2.34. The molecule has 8 heteroatoms. The molecule has 1 amide bonds. The standard InChI is InChI=1S/C27H24N6OS/c34-27(23-17-29-33-24(11-12-28-25(23)33)20-7-3-1-4-8-20)32-15-13-31(14-16-32)18-22-19-35-26(30-22)21-9-5-2-6-10-21/h1-12,17,19H,13-16,18H2. The van der Waals surface area contributed by atoms with E-state index in [-0.39, 0.29) is 5.91 Å². The Labute approximate surface area is 207 Å². The molecule has 0 atom stereocenters. The zero-order valence-corrected chi connectivity index (χ0v) is 19.9. The zero-order chi connectivity index (χ0) is 23.6. The van der Waals surface area contributed by atoms with Gasteiger partial charge in [0.2, 0.25) is 0 Å². The number of hydrogen-bond donors (Lipinski definition) is 0. The predicted molar refractivity (Wildman–Crippen MR) is 137 cm³/mol. The molecule has 1 aliphatic rings. The molecule has 0 spiro atoms. The summed E-state index contributed by atoms with van der Waals surface area (Å²) in [5.74, 6) is -0.0163. The van der Waals surface area contributed by atoms with Gasteiger partial charge in [-0.05, 0) is 6.07 Å². The second-order valence-electron chi connectivity index (χ2n) is 8.57. The van der Waals surface area contributed by atoms with Gasteiger partial charge in [0.15, 0.2) is 5.65 Å². The van der Waals surface area contributed by atoms with Gasteiger partial charge in [0, 0.05) is 55.4 Å². The molecule has 4 heterocycles. The molecule has 0 N–H and O–H groups in total. The molecule has 0 aliphatic carbocycles. The fraction of sp³-hybridized carbons (Fsp3) is 0.185. The van der Waals surface area contributed by atoms with Gasteiger partial charge in [-0.25, -0.2) is 14.5 Å². The Balaban J connectivity index is 1.13. The average Bonchev–Trinajstić information content (AvgIpc) is 3.57. The average molecular weight is 481 g/mol. The van der Waals surface area contributed by atoms with E-state index in [9.17, 15) is 4.79 Å². The molecule has 0 bridgehead atoms. The van der Waals surface area contributed by atoms with E-state index in [0.717, 1.165) is 47.2 Å². The number of aromatic nitrogens is 4. The van der Waals surface area contributed by atoms with Crippen LogP contribution in [0.3, 0.4) is 0 Å². The number of nitrogens with zero attached hydrogens (tertiary/aromatic N) is 6. The summed E-state index contributed by atoms with van der Waals surface area (Å²) < 4.78 is 1.76. The Hall–Kier alpha value is -3.88. The summed E-state index contributed by atoms with van der Waals surface area (Å²) in [5.41, 5.74) is 5.31. The molecule has 6 rings (SSSR count). The minimum atomic E-state index is -0.0163. The van der Waals surface area contributed by atoms with Crippen LogP contribution in [0.1, 0.15) is 16.1 Å². The number of thiazole rings is 1. The van der Waals surface area contributed by atoms with E-state index in [1.807, 2.05) is 59.5 Å². The maximum absolute atomic E-state index is 13.4. The smallest absolute Gasteiger partial charge is 0.259 e. The van der Waals surface area contributed by atoms with E-state index in [0.29, 0.717) is 24.3 Å². The van der Waals surface area contributed by atoms with Crippen LogP contribution in [0.25, 0.3) is 27.5 Å². The van der Waals surface area contributed by atoms with Crippen LogP contribution in [-0.2, 0) is 6.54 Å². The van der Waals surface area contributed by atoms with Gasteiger partial charge in [-0.15, -0.1) is 11.3 Å². The first kappa shape index (κ1) is 21.6. The number of rotatable bonds is 5. The molecule has 2 aromatic carbocycles. The largest absolute Gasteiger partial charge is 0.336 e. The van der Waals surface area contributed by atoms with Crippen molar-refractivity contribution in [2.24, 2.45) is 0 Å². The lowest BCUT2D eigenvalue weighted by Crippen LogP contribution is -2.48. The van der Waals surface area contributed by atoms with Crippen LogP contribution in [-0.4, -0.2) is 61.5 Å². The van der Waals surface area contributed by atoms with Gasteiger partial charge in [0.25, 0.3) is 5.91 Å². The first-order valence-corrected chi connectivity index (χ1v) is 12.5. The zero-order valence-electron chi connectivity index (χ0n) is 19.1. The summed E-state index contributed by atoms with van der Waals surface area (Å²) >= 11 is 1.68. The Morgan fingerprint density at radius 1 is 0.886 bits per heavy atom. The summed E-state index contributed by atoms with van der Waals surface area (Å²) in [6.07, 6.45) is 3.38. The highest BCUT2D eigenvalue weighted by atomic mass is 32.1. The Bertz CT molecular complexity index is 1460. The lowest BCUT2D eigenvalue weighted by molar-refractivity contribution is 0.0629. The minimum Gasteiger partial charge on any atom is -0.336 e. The van der Waals surface area contributed by atoms with Gasteiger partial charge in [-0.1, -0.05) is 60.7 Å². The number of carbonyl (C=O) groups excluding carboxylic acids is 1. The van der Waals surface area contributed by atoms with E-state index in [4.69, 9.17) is 4.98 Å². The molecule has 1 saturated heterocycles. The SMILES string of the molecule is O=C(c1cnn2c(-c3ccccc3)ccnc12)N1CCN(Cc2csc(-c3ccccc3)n2)CC1. The van der Waals surface area contributed by atoms with E-state index < -0.39 is 0 Å². The molecular weight excluding hydrogens is 456 g/mol. The molecular formula is C27H24N6OS. The second-order valence-corrected chi connectivity index (χ2v) is 9.43. The Kier molecular flexibility index (Phi) is 5.81. The lowest BCUT2D eigenvalue weighted by atomic mass is 10.1. The maximum atomic E-state index is 13.4. The number of hydrogen-bond acceptors (Lipinski definition) is 6. The molecule has 0 saturated carbocycles. The van der Waals surface area contributed by atoms with Gasteiger partial charge in [-0.2, -0.15) is 5.10 Å². The number of carbonyl (C=O) groups is 1. The summed E-state index contributed by atoms with van der Waals surface area (Å²) in [6.45, 7) is 3.76. The molecule has 0 radical (unpaired) electrons. The number of benzene rings is 2. The van der Waals surface area contributed by atoms with Crippen LogP contribution in [0.2, 0.25) is 0 Å². The molecule has 1 aliphatic heterocycles.